The third kappa shape index (κ3) is 3.44. The summed E-state index contributed by atoms with van der Waals surface area (Å²) < 4.78 is 0.410. The van der Waals surface area contributed by atoms with E-state index in [0.29, 0.717) is 10.8 Å². The Morgan fingerprint density at radius 3 is 2.50 bits per heavy atom. The lowest BCUT2D eigenvalue weighted by atomic mass is 10.1. The second-order valence-electron chi connectivity index (χ2n) is 4.88. The summed E-state index contributed by atoms with van der Waals surface area (Å²) in [6.45, 7) is 10.9. The molecule has 1 rings (SSSR count). The molecule has 0 spiro atoms. The molecule has 1 aliphatic heterocycles. The fourth-order valence-corrected chi connectivity index (χ4v) is 2.86. The molecule has 1 fully saturated rings. The van der Waals surface area contributed by atoms with Crippen molar-refractivity contribution in [2.45, 2.75) is 51.0 Å². The zero-order valence-corrected chi connectivity index (χ0v) is 10.6. The Bertz CT molecular complexity index is 182. The lowest BCUT2D eigenvalue weighted by molar-refractivity contribution is 0.0740. The van der Waals surface area contributed by atoms with E-state index < -0.39 is 0 Å². The van der Waals surface area contributed by atoms with Gasteiger partial charge in [0.1, 0.15) is 0 Å². The zero-order chi connectivity index (χ0) is 10.8. The Morgan fingerprint density at radius 2 is 1.93 bits per heavy atom. The van der Waals surface area contributed by atoms with Crippen LogP contribution in [-0.2, 0) is 0 Å². The van der Waals surface area contributed by atoms with Crippen molar-refractivity contribution in [2.24, 2.45) is 0 Å². The maximum Gasteiger partial charge on any atom is 0.0664 e. The minimum Gasteiger partial charge on any atom is -0.392 e. The molecule has 0 aromatic rings. The van der Waals surface area contributed by atoms with Gasteiger partial charge in [0.15, 0.2) is 0 Å². The van der Waals surface area contributed by atoms with Crippen LogP contribution in [0.15, 0.2) is 0 Å². The van der Waals surface area contributed by atoms with E-state index in [2.05, 4.69) is 37.4 Å². The monoisotopic (exact) mass is 217 g/mol. The first-order chi connectivity index (χ1) is 6.42. The molecular formula is C11H23NOS. The molecule has 84 valence electrons. The Hall–Kier alpha value is 0.270. The lowest BCUT2D eigenvalue weighted by Gasteiger charge is -2.29. The van der Waals surface area contributed by atoms with Gasteiger partial charge >= 0.3 is 0 Å². The lowest BCUT2D eigenvalue weighted by Crippen LogP contribution is -2.41. The highest BCUT2D eigenvalue weighted by Crippen LogP contribution is 2.31. The van der Waals surface area contributed by atoms with E-state index in [-0.39, 0.29) is 6.10 Å². The molecular weight excluding hydrogens is 194 g/mol. The maximum absolute atomic E-state index is 9.55. The summed E-state index contributed by atoms with van der Waals surface area (Å²) in [5.74, 6) is 1.18. The molecule has 0 amide bonds. The van der Waals surface area contributed by atoms with Gasteiger partial charge in [0.25, 0.3) is 0 Å². The van der Waals surface area contributed by atoms with Crippen LogP contribution in [0.2, 0.25) is 0 Å². The predicted molar refractivity (Wildman–Crippen MR) is 63.9 cm³/mol. The zero-order valence-electron chi connectivity index (χ0n) is 9.79. The van der Waals surface area contributed by atoms with Gasteiger partial charge in [-0.1, -0.05) is 13.8 Å². The van der Waals surface area contributed by atoms with Gasteiger partial charge in [-0.3, -0.25) is 4.90 Å². The van der Waals surface area contributed by atoms with Crippen LogP contribution >= 0.6 is 11.8 Å². The molecule has 1 N–H and O–H groups in total. The number of nitrogens with zero attached hydrogens (tertiary/aromatic N) is 1. The van der Waals surface area contributed by atoms with Crippen LogP contribution in [0.5, 0.6) is 0 Å². The van der Waals surface area contributed by atoms with E-state index in [1.807, 2.05) is 6.92 Å². The largest absolute Gasteiger partial charge is 0.392 e. The Labute approximate surface area is 92.1 Å². The normalized spacial score (nSPS) is 28.1. The Morgan fingerprint density at radius 1 is 1.29 bits per heavy atom. The molecule has 0 bridgehead atoms. The first-order valence-electron chi connectivity index (χ1n) is 5.48. The van der Waals surface area contributed by atoms with Crippen LogP contribution in [0.4, 0.5) is 0 Å². The molecule has 2 atom stereocenters. The minimum atomic E-state index is -0.221. The van der Waals surface area contributed by atoms with E-state index >= 15 is 0 Å². The van der Waals surface area contributed by atoms with Gasteiger partial charge in [-0.15, -0.1) is 0 Å². The summed E-state index contributed by atoms with van der Waals surface area (Å²) in [5.41, 5.74) is 0. The van der Waals surface area contributed by atoms with Gasteiger partial charge in [0.2, 0.25) is 0 Å². The van der Waals surface area contributed by atoms with E-state index in [0.717, 1.165) is 13.1 Å². The van der Waals surface area contributed by atoms with Crippen molar-refractivity contribution >= 4 is 11.8 Å². The van der Waals surface area contributed by atoms with E-state index in [1.54, 1.807) is 0 Å². The predicted octanol–water partition coefficient (Wildman–Crippen LogP) is 1.97. The van der Waals surface area contributed by atoms with Crippen LogP contribution in [0, 0.1) is 0 Å². The molecule has 2 nitrogen and oxygen atoms in total. The fourth-order valence-electron chi connectivity index (χ4n) is 1.75. The number of hydrogen-bond donors (Lipinski definition) is 1. The van der Waals surface area contributed by atoms with Crippen LogP contribution in [-0.4, -0.2) is 45.7 Å². The van der Waals surface area contributed by atoms with Crippen molar-refractivity contribution in [1.29, 1.82) is 0 Å². The second kappa shape index (κ2) is 4.86. The average molecular weight is 217 g/mol. The molecule has 1 saturated heterocycles. The van der Waals surface area contributed by atoms with Crippen molar-refractivity contribution in [3.8, 4) is 0 Å². The van der Waals surface area contributed by atoms with Gasteiger partial charge < -0.3 is 5.11 Å². The summed E-state index contributed by atoms with van der Waals surface area (Å²) in [6.07, 6.45) is 0.996. The topological polar surface area (TPSA) is 23.5 Å². The molecule has 0 aromatic heterocycles. The van der Waals surface area contributed by atoms with Crippen LogP contribution in [0.25, 0.3) is 0 Å². The number of rotatable bonds is 2. The molecule has 1 aliphatic rings. The van der Waals surface area contributed by atoms with Gasteiger partial charge in [-0.2, -0.15) is 11.8 Å². The van der Waals surface area contributed by atoms with Crippen LogP contribution in [0.3, 0.4) is 0 Å². The second-order valence-corrected chi connectivity index (χ2v) is 6.68. The maximum atomic E-state index is 9.55. The number of thioether (sulfide) groups is 1. The van der Waals surface area contributed by atoms with Crippen LogP contribution in [0.1, 0.15) is 34.1 Å². The quantitative estimate of drug-likeness (QED) is 0.765. The average Bonchev–Trinajstić information content (AvgIpc) is 2.25. The van der Waals surface area contributed by atoms with Crippen molar-refractivity contribution in [3.63, 3.8) is 0 Å². The highest BCUT2D eigenvalue weighted by atomic mass is 32.2. The highest BCUT2D eigenvalue weighted by molar-refractivity contribution is 8.00. The van der Waals surface area contributed by atoms with Gasteiger partial charge in [-0.05, 0) is 26.8 Å². The van der Waals surface area contributed by atoms with Gasteiger partial charge in [-0.25, -0.2) is 0 Å². The minimum absolute atomic E-state index is 0.221. The highest BCUT2D eigenvalue weighted by Gasteiger charge is 2.26. The molecule has 2 unspecified atom stereocenters. The van der Waals surface area contributed by atoms with Crippen molar-refractivity contribution < 1.29 is 5.11 Å². The van der Waals surface area contributed by atoms with Crippen molar-refractivity contribution in [1.82, 2.24) is 4.90 Å². The summed E-state index contributed by atoms with van der Waals surface area (Å²) in [6, 6.07) is 0.296. The molecule has 0 aromatic carbocycles. The van der Waals surface area contributed by atoms with E-state index in [1.165, 1.54) is 12.2 Å². The summed E-state index contributed by atoms with van der Waals surface area (Å²) in [5, 5.41) is 9.55. The molecule has 0 saturated carbocycles. The summed E-state index contributed by atoms with van der Waals surface area (Å²) in [4.78, 5) is 2.41. The smallest absolute Gasteiger partial charge is 0.0664 e. The first-order valence-corrected chi connectivity index (χ1v) is 6.47. The molecule has 0 radical (unpaired) electrons. The SMILES string of the molecule is CC(O)C(C)N1CCSC(C)(C)CC1. The Balaban J connectivity index is 2.50. The van der Waals surface area contributed by atoms with Gasteiger partial charge in [0, 0.05) is 23.1 Å². The summed E-state index contributed by atoms with van der Waals surface area (Å²) in [7, 11) is 0. The Kier molecular flexibility index (Phi) is 4.29. The standard InChI is InChI=1S/C11H23NOS/c1-9(10(2)13)12-6-5-11(3,4)14-8-7-12/h9-10,13H,5-8H2,1-4H3. The fraction of sp³-hybridized carbons (Fsp3) is 1.00. The molecule has 0 aliphatic carbocycles. The molecule has 1 heterocycles. The van der Waals surface area contributed by atoms with Crippen molar-refractivity contribution in [2.75, 3.05) is 18.8 Å². The van der Waals surface area contributed by atoms with Crippen molar-refractivity contribution in [3.05, 3.63) is 0 Å². The summed E-state index contributed by atoms with van der Waals surface area (Å²) >= 11 is 2.05. The van der Waals surface area contributed by atoms with Gasteiger partial charge in [0.05, 0.1) is 6.10 Å². The number of aliphatic hydroxyl groups excluding tert-OH is 1. The number of aliphatic hydroxyl groups is 1. The number of hydrogen-bond acceptors (Lipinski definition) is 3. The van der Waals surface area contributed by atoms with Crippen LogP contribution < -0.4 is 0 Å². The van der Waals surface area contributed by atoms with E-state index in [4.69, 9.17) is 0 Å². The third-order valence-electron chi connectivity index (χ3n) is 3.15. The molecule has 14 heavy (non-hydrogen) atoms. The third-order valence-corrected chi connectivity index (χ3v) is 4.52. The van der Waals surface area contributed by atoms with E-state index in [9.17, 15) is 5.11 Å². The molecule has 3 heteroatoms. The first kappa shape index (κ1) is 12.3.